The van der Waals surface area contributed by atoms with Crippen LogP contribution in [-0.4, -0.2) is 24.2 Å². The Morgan fingerprint density at radius 2 is 1.96 bits per heavy atom. The maximum Gasteiger partial charge on any atom is 0.265 e. The van der Waals surface area contributed by atoms with Crippen molar-refractivity contribution in [2.45, 2.75) is 13.5 Å². The SMILES string of the molecule is CC1=C(C(=O)Nc2ccccc2C(=O)NCc2cccc(F)c2)SCCO1. The van der Waals surface area contributed by atoms with E-state index in [1.165, 1.54) is 23.9 Å². The van der Waals surface area contributed by atoms with Crippen LogP contribution < -0.4 is 10.6 Å². The van der Waals surface area contributed by atoms with E-state index in [2.05, 4.69) is 10.6 Å². The largest absolute Gasteiger partial charge is 0.496 e. The molecule has 0 atom stereocenters. The monoisotopic (exact) mass is 386 g/mol. The van der Waals surface area contributed by atoms with Crippen LogP contribution in [0.3, 0.4) is 0 Å². The Balaban J connectivity index is 1.71. The zero-order chi connectivity index (χ0) is 19.2. The van der Waals surface area contributed by atoms with E-state index in [0.717, 1.165) is 0 Å². The lowest BCUT2D eigenvalue weighted by molar-refractivity contribution is -0.112. The molecule has 0 unspecified atom stereocenters. The fraction of sp³-hybridized carbons (Fsp3) is 0.200. The summed E-state index contributed by atoms with van der Waals surface area (Å²) in [7, 11) is 0. The maximum absolute atomic E-state index is 13.3. The lowest BCUT2D eigenvalue weighted by atomic mass is 10.1. The summed E-state index contributed by atoms with van der Waals surface area (Å²) in [4.78, 5) is 25.6. The first kappa shape index (κ1) is 19.0. The molecule has 2 aromatic carbocycles. The molecule has 2 N–H and O–H groups in total. The quantitative estimate of drug-likeness (QED) is 0.823. The molecule has 0 aromatic heterocycles. The van der Waals surface area contributed by atoms with Crippen molar-refractivity contribution in [2.75, 3.05) is 17.7 Å². The molecule has 5 nitrogen and oxygen atoms in total. The molecule has 0 bridgehead atoms. The van der Waals surface area contributed by atoms with Crippen molar-refractivity contribution >= 4 is 29.3 Å². The van der Waals surface area contributed by atoms with Crippen LogP contribution in [0, 0.1) is 5.82 Å². The number of rotatable bonds is 5. The van der Waals surface area contributed by atoms with Gasteiger partial charge >= 0.3 is 0 Å². The first-order chi connectivity index (χ1) is 13.0. The van der Waals surface area contributed by atoms with Crippen LogP contribution in [0.15, 0.2) is 59.2 Å². The summed E-state index contributed by atoms with van der Waals surface area (Å²) < 4.78 is 18.7. The standard InChI is InChI=1S/C20H19FN2O3S/c1-13-18(27-10-9-26-13)20(25)23-17-8-3-2-7-16(17)19(24)22-12-14-5-4-6-15(21)11-14/h2-8,11H,9-10,12H2,1H3,(H,22,24)(H,23,25). The Kier molecular flexibility index (Phi) is 6.13. The Morgan fingerprint density at radius 3 is 2.74 bits per heavy atom. The average molecular weight is 386 g/mol. The number of halogens is 1. The lowest BCUT2D eigenvalue weighted by Gasteiger charge is -2.18. The highest BCUT2D eigenvalue weighted by Gasteiger charge is 2.20. The Bertz CT molecular complexity index is 898. The molecule has 1 aliphatic rings. The first-order valence-electron chi connectivity index (χ1n) is 8.44. The van der Waals surface area contributed by atoms with Gasteiger partial charge in [-0.3, -0.25) is 9.59 Å². The lowest BCUT2D eigenvalue weighted by Crippen LogP contribution is -2.25. The molecule has 1 aliphatic heterocycles. The summed E-state index contributed by atoms with van der Waals surface area (Å²) in [6.45, 7) is 2.51. The molecule has 2 amide bonds. The van der Waals surface area contributed by atoms with Gasteiger partial charge in [-0.1, -0.05) is 24.3 Å². The fourth-order valence-electron chi connectivity index (χ4n) is 2.62. The van der Waals surface area contributed by atoms with Gasteiger partial charge in [0, 0.05) is 12.3 Å². The van der Waals surface area contributed by atoms with Crippen molar-refractivity contribution in [3.63, 3.8) is 0 Å². The molecular weight excluding hydrogens is 367 g/mol. The first-order valence-corrected chi connectivity index (χ1v) is 9.42. The topological polar surface area (TPSA) is 67.4 Å². The molecular formula is C20H19FN2O3S. The maximum atomic E-state index is 13.3. The van der Waals surface area contributed by atoms with E-state index < -0.39 is 0 Å². The van der Waals surface area contributed by atoms with E-state index in [1.54, 1.807) is 43.3 Å². The molecule has 0 fully saturated rings. The van der Waals surface area contributed by atoms with Gasteiger partial charge in [-0.05, 0) is 36.8 Å². The Labute approximate surface area is 161 Å². The average Bonchev–Trinajstić information content (AvgIpc) is 2.67. The van der Waals surface area contributed by atoms with Gasteiger partial charge in [0.05, 0.1) is 17.9 Å². The summed E-state index contributed by atoms with van der Waals surface area (Å²) in [6, 6.07) is 12.8. The number of hydrogen-bond donors (Lipinski definition) is 2. The van der Waals surface area contributed by atoms with E-state index in [1.807, 2.05) is 0 Å². The van der Waals surface area contributed by atoms with Gasteiger partial charge in [-0.2, -0.15) is 0 Å². The predicted octanol–water partition coefficient (Wildman–Crippen LogP) is 3.69. The van der Waals surface area contributed by atoms with Crippen molar-refractivity contribution in [1.82, 2.24) is 5.32 Å². The number of amides is 2. The highest BCUT2D eigenvalue weighted by atomic mass is 32.2. The normalized spacial score (nSPS) is 13.7. The summed E-state index contributed by atoms with van der Waals surface area (Å²) >= 11 is 1.43. The van der Waals surface area contributed by atoms with E-state index in [0.29, 0.717) is 39.8 Å². The minimum atomic E-state index is -0.356. The van der Waals surface area contributed by atoms with Crippen LogP contribution in [-0.2, 0) is 16.1 Å². The van der Waals surface area contributed by atoms with Crippen LogP contribution in [0.25, 0.3) is 0 Å². The minimum absolute atomic E-state index is 0.187. The third-order valence-electron chi connectivity index (χ3n) is 3.94. The van der Waals surface area contributed by atoms with Gasteiger partial charge in [0.25, 0.3) is 11.8 Å². The van der Waals surface area contributed by atoms with Crippen molar-refractivity contribution in [1.29, 1.82) is 0 Å². The molecule has 27 heavy (non-hydrogen) atoms. The number of carbonyl (C=O) groups is 2. The van der Waals surface area contributed by atoms with Gasteiger partial charge in [-0.25, -0.2) is 4.39 Å². The number of allylic oxidation sites excluding steroid dienone is 1. The third-order valence-corrected chi connectivity index (χ3v) is 5.07. The van der Waals surface area contributed by atoms with Crippen molar-refractivity contribution in [3.05, 3.63) is 76.1 Å². The second-order valence-corrected chi connectivity index (χ2v) is 7.00. The zero-order valence-corrected chi connectivity index (χ0v) is 15.6. The Hall–Kier alpha value is -2.80. The van der Waals surface area contributed by atoms with Gasteiger partial charge in [-0.15, -0.1) is 11.8 Å². The van der Waals surface area contributed by atoms with Crippen molar-refractivity contribution < 1.29 is 18.7 Å². The number of para-hydroxylation sites is 1. The van der Waals surface area contributed by atoms with E-state index in [-0.39, 0.29) is 24.2 Å². The van der Waals surface area contributed by atoms with Crippen LogP contribution in [0.4, 0.5) is 10.1 Å². The van der Waals surface area contributed by atoms with Crippen molar-refractivity contribution in [2.24, 2.45) is 0 Å². The third kappa shape index (κ3) is 4.89. The van der Waals surface area contributed by atoms with Gasteiger partial charge in [0.2, 0.25) is 0 Å². The van der Waals surface area contributed by atoms with Gasteiger partial charge < -0.3 is 15.4 Å². The molecule has 0 aliphatic carbocycles. The van der Waals surface area contributed by atoms with E-state index >= 15 is 0 Å². The number of anilines is 1. The molecule has 0 radical (unpaired) electrons. The number of hydrogen-bond acceptors (Lipinski definition) is 4. The van der Waals surface area contributed by atoms with Crippen LogP contribution in [0.2, 0.25) is 0 Å². The summed E-state index contributed by atoms with van der Waals surface area (Å²) in [5, 5.41) is 5.53. The molecule has 7 heteroatoms. The molecule has 0 saturated heterocycles. The molecule has 140 valence electrons. The Morgan fingerprint density at radius 1 is 1.15 bits per heavy atom. The highest BCUT2D eigenvalue weighted by Crippen LogP contribution is 2.27. The number of carbonyl (C=O) groups excluding carboxylic acids is 2. The van der Waals surface area contributed by atoms with E-state index in [9.17, 15) is 14.0 Å². The number of ether oxygens (including phenoxy) is 1. The van der Waals surface area contributed by atoms with Crippen LogP contribution in [0.5, 0.6) is 0 Å². The van der Waals surface area contributed by atoms with Crippen molar-refractivity contribution in [3.8, 4) is 0 Å². The summed E-state index contributed by atoms with van der Waals surface area (Å²) in [6.07, 6.45) is 0. The van der Waals surface area contributed by atoms with E-state index in [4.69, 9.17) is 4.74 Å². The summed E-state index contributed by atoms with van der Waals surface area (Å²) in [5.74, 6) is 0.272. The second-order valence-electron chi connectivity index (χ2n) is 5.89. The molecule has 3 rings (SSSR count). The van der Waals surface area contributed by atoms with Gasteiger partial charge in [0.1, 0.15) is 16.5 Å². The molecule has 0 saturated carbocycles. The molecule has 0 spiro atoms. The van der Waals surface area contributed by atoms with Gasteiger partial charge in [0.15, 0.2) is 0 Å². The number of benzene rings is 2. The van der Waals surface area contributed by atoms with Crippen LogP contribution in [0.1, 0.15) is 22.8 Å². The smallest absolute Gasteiger partial charge is 0.265 e. The molecule has 2 aromatic rings. The molecule has 1 heterocycles. The summed E-state index contributed by atoms with van der Waals surface area (Å²) in [5.41, 5.74) is 1.40. The number of nitrogens with one attached hydrogen (secondary N) is 2. The second kappa shape index (κ2) is 8.73. The predicted molar refractivity (Wildman–Crippen MR) is 104 cm³/mol. The highest BCUT2D eigenvalue weighted by molar-refractivity contribution is 8.04. The minimum Gasteiger partial charge on any atom is -0.496 e. The fourth-order valence-corrected chi connectivity index (χ4v) is 3.44. The number of thioether (sulfide) groups is 1. The zero-order valence-electron chi connectivity index (χ0n) is 14.8. The van der Waals surface area contributed by atoms with Crippen LogP contribution >= 0.6 is 11.8 Å².